The number of rotatable bonds is 2. The SMILES string of the molecule is Cc1csc(Cc2nc(=S)c3c([nH]2)CCOC3)n1. The van der Waals surface area contributed by atoms with Gasteiger partial charge in [0.2, 0.25) is 0 Å². The van der Waals surface area contributed by atoms with Gasteiger partial charge in [-0.15, -0.1) is 11.3 Å². The maximum absolute atomic E-state index is 5.40. The highest BCUT2D eigenvalue weighted by Gasteiger charge is 2.14. The van der Waals surface area contributed by atoms with E-state index in [1.165, 1.54) is 5.69 Å². The van der Waals surface area contributed by atoms with Crippen LogP contribution in [0.3, 0.4) is 0 Å². The molecule has 94 valence electrons. The summed E-state index contributed by atoms with van der Waals surface area (Å²) in [4.78, 5) is 12.3. The Morgan fingerprint density at radius 3 is 3.17 bits per heavy atom. The number of ether oxygens (including phenoxy) is 1. The molecule has 0 saturated heterocycles. The van der Waals surface area contributed by atoms with Crippen molar-refractivity contribution in [3.8, 4) is 0 Å². The first-order chi connectivity index (χ1) is 8.72. The van der Waals surface area contributed by atoms with E-state index < -0.39 is 0 Å². The number of hydrogen-bond donors (Lipinski definition) is 1. The van der Waals surface area contributed by atoms with Gasteiger partial charge in [0, 0.05) is 28.8 Å². The number of aromatic amines is 1. The van der Waals surface area contributed by atoms with Crippen molar-refractivity contribution in [1.82, 2.24) is 15.0 Å². The Balaban J connectivity index is 1.93. The van der Waals surface area contributed by atoms with Crippen LogP contribution in [-0.4, -0.2) is 21.6 Å². The van der Waals surface area contributed by atoms with Crippen LogP contribution in [0.25, 0.3) is 0 Å². The van der Waals surface area contributed by atoms with Crippen LogP contribution in [0.5, 0.6) is 0 Å². The number of nitrogens with one attached hydrogen (secondary N) is 1. The second-order valence-corrected chi connectivity index (χ2v) is 5.64. The molecule has 0 atom stereocenters. The quantitative estimate of drug-likeness (QED) is 0.858. The molecule has 1 N–H and O–H groups in total. The molecule has 0 saturated carbocycles. The van der Waals surface area contributed by atoms with Crippen LogP contribution in [0.2, 0.25) is 0 Å². The van der Waals surface area contributed by atoms with Crippen molar-refractivity contribution in [2.75, 3.05) is 6.61 Å². The van der Waals surface area contributed by atoms with Gasteiger partial charge in [0.25, 0.3) is 0 Å². The van der Waals surface area contributed by atoms with Gasteiger partial charge in [-0.05, 0) is 6.92 Å². The first-order valence-electron chi connectivity index (χ1n) is 5.82. The normalized spacial score (nSPS) is 14.5. The number of fused-ring (bicyclic) bond motifs is 1. The Bertz CT molecular complexity index is 632. The third kappa shape index (κ3) is 2.36. The molecule has 0 aliphatic carbocycles. The summed E-state index contributed by atoms with van der Waals surface area (Å²) in [5.41, 5.74) is 3.26. The van der Waals surface area contributed by atoms with Gasteiger partial charge in [0.15, 0.2) is 0 Å². The Labute approximate surface area is 114 Å². The van der Waals surface area contributed by atoms with Gasteiger partial charge in [-0.3, -0.25) is 0 Å². The number of H-pyrrole nitrogens is 1. The van der Waals surface area contributed by atoms with Crippen molar-refractivity contribution in [3.05, 3.63) is 37.8 Å². The molecule has 18 heavy (non-hydrogen) atoms. The lowest BCUT2D eigenvalue weighted by atomic mass is 10.1. The maximum atomic E-state index is 5.40. The number of thiazole rings is 1. The Morgan fingerprint density at radius 1 is 1.50 bits per heavy atom. The molecule has 1 aliphatic rings. The third-order valence-corrected chi connectivity index (χ3v) is 4.19. The average molecular weight is 279 g/mol. The molecule has 0 unspecified atom stereocenters. The lowest BCUT2D eigenvalue weighted by Gasteiger charge is -2.16. The Kier molecular flexibility index (Phi) is 3.23. The summed E-state index contributed by atoms with van der Waals surface area (Å²) in [6.45, 7) is 3.33. The minimum absolute atomic E-state index is 0.578. The van der Waals surface area contributed by atoms with Gasteiger partial charge in [0.05, 0.1) is 19.6 Å². The van der Waals surface area contributed by atoms with Crippen LogP contribution in [0.4, 0.5) is 0 Å². The predicted molar refractivity (Wildman–Crippen MR) is 72.4 cm³/mol. The Morgan fingerprint density at radius 2 is 2.39 bits per heavy atom. The topological polar surface area (TPSA) is 50.8 Å². The second-order valence-electron chi connectivity index (χ2n) is 4.31. The van der Waals surface area contributed by atoms with E-state index in [4.69, 9.17) is 17.0 Å². The van der Waals surface area contributed by atoms with E-state index in [1.54, 1.807) is 11.3 Å². The number of aryl methyl sites for hydroxylation is 1. The van der Waals surface area contributed by atoms with Gasteiger partial charge in [-0.25, -0.2) is 9.97 Å². The smallest absolute Gasteiger partial charge is 0.135 e. The molecule has 2 aromatic rings. The standard InChI is InChI=1S/C12H13N3OS2/c1-7-6-18-11(13-7)4-10-14-9-2-3-16-5-8(9)12(17)15-10/h6H,2-5H2,1H3,(H,14,15,17). The summed E-state index contributed by atoms with van der Waals surface area (Å²) < 4.78 is 6.06. The highest BCUT2D eigenvalue weighted by atomic mass is 32.1. The molecule has 4 nitrogen and oxygen atoms in total. The molecule has 0 aromatic carbocycles. The summed E-state index contributed by atoms with van der Waals surface area (Å²) in [5, 5.41) is 3.12. The highest BCUT2D eigenvalue weighted by Crippen LogP contribution is 2.17. The fourth-order valence-electron chi connectivity index (χ4n) is 2.02. The van der Waals surface area contributed by atoms with E-state index in [2.05, 4.69) is 20.3 Å². The summed E-state index contributed by atoms with van der Waals surface area (Å²) in [7, 11) is 0. The fourth-order valence-corrected chi connectivity index (χ4v) is 3.09. The molecule has 2 aromatic heterocycles. The monoisotopic (exact) mass is 279 g/mol. The van der Waals surface area contributed by atoms with Crippen LogP contribution in [-0.2, 0) is 24.2 Å². The van der Waals surface area contributed by atoms with Crippen molar-refractivity contribution in [3.63, 3.8) is 0 Å². The lowest BCUT2D eigenvalue weighted by Crippen LogP contribution is -2.15. The van der Waals surface area contributed by atoms with Crippen molar-refractivity contribution in [2.24, 2.45) is 0 Å². The number of aromatic nitrogens is 3. The Hall–Kier alpha value is -1.11. The lowest BCUT2D eigenvalue weighted by molar-refractivity contribution is 0.108. The molecule has 1 aliphatic heterocycles. The minimum Gasteiger partial charge on any atom is -0.376 e. The molecule has 3 rings (SSSR count). The first kappa shape index (κ1) is 12.0. The predicted octanol–water partition coefficient (Wildman–Crippen LogP) is 2.57. The van der Waals surface area contributed by atoms with Crippen molar-refractivity contribution < 1.29 is 4.74 Å². The van der Waals surface area contributed by atoms with Crippen LogP contribution < -0.4 is 0 Å². The van der Waals surface area contributed by atoms with Gasteiger partial charge in [-0.2, -0.15) is 0 Å². The highest BCUT2D eigenvalue weighted by molar-refractivity contribution is 7.71. The zero-order chi connectivity index (χ0) is 12.5. The summed E-state index contributed by atoms with van der Waals surface area (Å²) in [6, 6.07) is 0. The molecule has 6 heteroatoms. The molecule has 0 bridgehead atoms. The van der Waals surface area contributed by atoms with E-state index in [0.717, 1.165) is 41.5 Å². The second kappa shape index (κ2) is 4.87. The molecular formula is C12H13N3OS2. The van der Waals surface area contributed by atoms with E-state index >= 15 is 0 Å². The maximum Gasteiger partial charge on any atom is 0.135 e. The molecule has 0 radical (unpaired) electrons. The van der Waals surface area contributed by atoms with Gasteiger partial charge >= 0.3 is 0 Å². The summed E-state index contributed by atoms with van der Waals surface area (Å²) >= 11 is 6.98. The molecular weight excluding hydrogens is 266 g/mol. The molecule has 0 spiro atoms. The van der Waals surface area contributed by atoms with Crippen LogP contribution in [0.15, 0.2) is 5.38 Å². The van der Waals surface area contributed by atoms with E-state index in [1.807, 2.05) is 6.92 Å². The van der Waals surface area contributed by atoms with Crippen LogP contribution in [0.1, 0.15) is 27.8 Å². The number of nitrogens with zero attached hydrogens (tertiary/aromatic N) is 2. The fraction of sp³-hybridized carbons (Fsp3) is 0.417. The molecule has 0 amide bonds. The summed E-state index contributed by atoms with van der Waals surface area (Å²) in [6.07, 6.45) is 1.60. The largest absolute Gasteiger partial charge is 0.376 e. The van der Waals surface area contributed by atoms with E-state index in [9.17, 15) is 0 Å². The van der Waals surface area contributed by atoms with Crippen molar-refractivity contribution in [1.29, 1.82) is 0 Å². The van der Waals surface area contributed by atoms with E-state index in [0.29, 0.717) is 11.2 Å². The van der Waals surface area contributed by atoms with Crippen LogP contribution >= 0.6 is 23.6 Å². The van der Waals surface area contributed by atoms with Crippen LogP contribution in [0, 0.1) is 11.6 Å². The van der Waals surface area contributed by atoms with Gasteiger partial charge < -0.3 is 9.72 Å². The molecule has 3 heterocycles. The minimum atomic E-state index is 0.578. The third-order valence-electron chi connectivity index (χ3n) is 2.88. The zero-order valence-electron chi connectivity index (χ0n) is 10.0. The molecule has 0 fully saturated rings. The van der Waals surface area contributed by atoms with Gasteiger partial charge in [0.1, 0.15) is 15.5 Å². The van der Waals surface area contributed by atoms with E-state index in [-0.39, 0.29) is 0 Å². The van der Waals surface area contributed by atoms with Crippen molar-refractivity contribution >= 4 is 23.6 Å². The average Bonchev–Trinajstić information content (AvgIpc) is 2.75. The first-order valence-corrected chi connectivity index (χ1v) is 7.11. The van der Waals surface area contributed by atoms with Crippen molar-refractivity contribution in [2.45, 2.75) is 26.4 Å². The number of hydrogen-bond acceptors (Lipinski definition) is 5. The van der Waals surface area contributed by atoms with Gasteiger partial charge in [-0.1, -0.05) is 12.2 Å². The zero-order valence-corrected chi connectivity index (χ0v) is 11.7. The summed E-state index contributed by atoms with van der Waals surface area (Å²) in [5.74, 6) is 0.898.